The van der Waals surface area contributed by atoms with Crippen LogP contribution in [0.4, 0.5) is 0 Å². The van der Waals surface area contributed by atoms with E-state index in [4.69, 9.17) is 34.1 Å². The molecule has 98 valence electrons. The molecule has 19 heavy (non-hydrogen) atoms. The molecule has 0 heterocycles. The third kappa shape index (κ3) is 3.35. The van der Waals surface area contributed by atoms with Crippen molar-refractivity contribution in [3.63, 3.8) is 0 Å². The predicted octanol–water partition coefficient (Wildman–Crippen LogP) is 4.24. The average molecular weight is 313 g/mol. The molecule has 0 amide bonds. The van der Waals surface area contributed by atoms with Crippen LogP contribution in [0.25, 0.3) is 0 Å². The quantitative estimate of drug-likeness (QED) is 0.386. The van der Waals surface area contributed by atoms with Crippen molar-refractivity contribution in [1.82, 2.24) is 0 Å². The van der Waals surface area contributed by atoms with Crippen molar-refractivity contribution in [2.45, 2.75) is 9.79 Å². The maximum Gasteiger partial charge on any atom is 0.171 e. The van der Waals surface area contributed by atoms with Crippen LogP contribution in [0.2, 0.25) is 10.0 Å². The highest BCUT2D eigenvalue weighted by Crippen LogP contribution is 2.34. The van der Waals surface area contributed by atoms with Gasteiger partial charge < -0.3 is 10.9 Å². The molecule has 0 radical (unpaired) electrons. The van der Waals surface area contributed by atoms with E-state index in [9.17, 15) is 0 Å². The van der Waals surface area contributed by atoms with Gasteiger partial charge in [-0.2, -0.15) is 0 Å². The minimum atomic E-state index is 0.0724. The number of rotatable bonds is 3. The minimum Gasteiger partial charge on any atom is -0.409 e. The molecule has 0 bridgehead atoms. The van der Waals surface area contributed by atoms with Crippen LogP contribution in [0.1, 0.15) is 5.56 Å². The lowest BCUT2D eigenvalue weighted by atomic mass is 10.2. The van der Waals surface area contributed by atoms with Gasteiger partial charge in [0.1, 0.15) is 0 Å². The Morgan fingerprint density at radius 1 is 1.11 bits per heavy atom. The highest BCUT2D eigenvalue weighted by Gasteiger charge is 2.08. The van der Waals surface area contributed by atoms with Gasteiger partial charge >= 0.3 is 0 Å². The Bertz CT molecular complexity index is 632. The van der Waals surface area contributed by atoms with Crippen LogP contribution in [0.15, 0.2) is 57.4 Å². The molecule has 0 spiro atoms. The topological polar surface area (TPSA) is 58.6 Å². The second-order valence-corrected chi connectivity index (χ2v) is 5.59. The Kier molecular flexibility index (Phi) is 4.58. The van der Waals surface area contributed by atoms with Crippen molar-refractivity contribution in [2.24, 2.45) is 10.9 Å². The lowest BCUT2D eigenvalue weighted by Gasteiger charge is -2.08. The van der Waals surface area contributed by atoms with Crippen LogP contribution < -0.4 is 5.73 Å². The number of amidine groups is 1. The molecule has 0 aromatic heterocycles. The molecular formula is C13H10Cl2N2OS. The van der Waals surface area contributed by atoms with Gasteiger partial charge in [0.2, 0.25) is 0 Å². The zero-order chi connectivity index (χ0) is 13.8. The number of benzene rings is 2. The molecule has 2 rings (SSSR count). The molecule has 0 fully saturated rings. The highest BCUT2D eigenvalue weighted by molar-refractivity contribution is 7.99. The Morgan fingerprint density at radius 2 is 1.84 bits per heavy atom. The first-order valence-corrected chi connectivity index (χ1v) is 6.89. The van der Waals surface area contributed by atoms with E-state index in [-0.39, 0.29) is 5.84 Å². The van der Waals surface area contributed by atoms with Gasteiger partial charge in [0.05, 0.1) is 10.0 Å². The fourth-order valence-electron chi connectivity index (χ4n) is 1.49. The van der Waals surface area contributed by atoms with Crippen LogP contribution in [0, 0.1) is 0 Å². The van der Waals surface area contributed by atoms with E-state index in [0.717, 1.165) is 9.79 Å². The lowest BCUT2D eigenvalue weighted by molar-refractivity contribution is 0.318. The lowest BCUT2D eigenvalue weighted by Crippen LogP contribution is -2.13. The first-order chi connectivity index (χ1) is 9.11. The monoisotopic (exact) mass is 312 g/mol. The van der Waals surface area contributed by atoms with E-state index in [2.05, 4.69) is 5.16 Å². The standard InChI is InChI=1S/C13H10Cl2N2OS/c14-10-6-5-8(7-11(10)15)19-12-4-2-1-3-9(12)13(16)17-18/h1-7,18H,(H2,16,17). The molecule has 0 unspecified atom stereocenters. The summed E-state index contributed by atoms with van der Waals surface area (Å²) in [7, 11) is 0. The van der Waals surface area contributed by atoms with E-state index in [0.29, 0.717) is 15.6 Å². The van der Waals surface area contributed by atoms with Crippen molar-refractivity contribution in [3.8, 4) is 0 Å². The minimum absolute atomic E-state index is 0.0724. The fraction of sp³-hybridized carbons (Fsp3) is 0. The summed E-state index contributed by atoms with van der Waals surface area (Å²) in [5.41, 5.74) is 6.31. The Labute approximate surface area is 125 Å². The molecule has 0 aliphatic rings. The average Bonchev–Trinajstić information content (AvgIpc) is 2.43. The van der Waals surface area contributed by atoms with Crippen LogP contribution >= 0.6 is 35.0 Å². The van der Waals surface area contributed by atoms with Crippen molar-refractivity contribution in [2.75, 3.05) is 0 Å². The van der Waals surface area contributed by atoms with Gasteiger partial charge in [0.25, 0.3) is 0 Å². The fourth-order valence-corrected chi connectivity index (χ4v) is 2.85. The number of hydrogen-bond donors (Lipinski definition) is 2. The van der Waals surface area contributed by atoms with E-state index < -0.39 is 0 Å². The van der Waals surface area contributed by atoms with Gasteiger partial charge in [-0.1, -0.05) is 58.3 Å². The normalized spacial score (nSPS) is 11.6. The summed E-state index contributed by atoms with van der Waals surface area (Å²) in [5.74, 6) is 0.0724. The maximum atomic E-state index is 8.77. The van der Waals surface area contributed by atoms with E-state index >= 15 is 0 Å². The third-order valence-corrected chi connectivity index (χ3v) is 4.19. The van der Waals surface area contributed by atoms with Gasteiger partial charge in [-0.05, 0) is 24.3 Å². The summed E-state index contributed by atoms with van der Waals surface area (Å²) in [5, 5.41) is 12.8. The smallest absolute Gasteiger partial charge is 0.171 e. The summed E-state index contributed by atoms with van der Waals surface area (Å²) >= 11 is 13.3. The van der Waals surface area contributed by atoms with Gasteiger partial charge in [-0.25, -0.2) is 0 Å². The van der Waals surface area contributed by atoms with E-state index in [1.807, 2.05) is 24.3 Å². The SMILES string of the molecule is NC(=NO)c1ccccc1Sc1ccc(Cl)c(Cl)c1. The molecule has 6 heteroatoms. The number of nitrogens with zero attached hydrogens (tertiary/aromatic N) is 1. The second-order valence-electron chi connectivity index (χ2n) is 3.66. The van der Waals surface area contributed by atoms with Gasteiger partial charge in [-0.3, -0.25) is 0 Å². The summed E-state index contributed by atoms with van der Waals surface area (Å²) in [4.78, 5) is 1.80. The molecule has 3 N–H and O–H groups in total. The summed E-state index contributed by atoms with van der Waals surface area (Å²) < 4.78 is 0. The molecule has 2 aromatic carbocycles. The van der Waals surface area contributed by atoms with Gasteiger partial charge in [-0.15, -0.1) is 0 Å². The first kappa shape index (κ1) is 14.1. The molecule has 0 saturated carbocycles. The Morgan fingerprint density at radius 3 is 2.53 bits per heavy atom. The van der Waals surface area contributed by atoms with E-state index in [1.54, 1.807) is 18.2 Å². The summed E-state index contributed by atoms with van der Waals surface area (Å²) in [6.45, 7) is 0. The van der Waals surface area contributed by atoms with Crippen molar-refractivity contribution in [1.29, 1.82) is 0 Å². The molecule has 2 aromatic rings. The second kappa shape index (κ2) is 6.19. The number of hydrogen-bond acceptors (Lipinski definition) is 3. The Balaban J connectivity index is 2.35. The van der Waals surface area contributed by atoms with Crippen LogP contribution in [-0.2, 0) is 0 Å². The molecule has 0 aliphatic carbocycles. The highest BCUT2D eigenvalue weighted by atomic mass is 35.5. The van der Waals surface area contributed by atoms with Crippen LogP contribution in [0.3, 0.4) is 0 Å². The van der Waals surface area contributed by atoms with Crippen molar-refractivity contribution in [3.05, 3.63) is 58.1 Å². The van der Waals surface area contributed by atoms with Gasteiger partial charge in [0.15, 0.2) is 5.84 Å². The summed E-state index contributed by atoms with van der Waals surface area (Å²) in [6.07, 6.45) is 0. The van der Waals surface area contributed by atoms with Crippen molar-refractivity contribution >= 4 is 40.8 Å². The molecule has 0 saturated heterocycles. The van der Waals surface area contributed by atoms with Gasteiger partial charge in [0, 0.05) is 15.4 Å². The largest absolute Gasteiger partial charge is 0.409 e. The first-order valence-electron chi connectivity index (χ1n) is 5.31. The summed E-state index contributed by atoms with van der Waals surface area (Å²) in [6, 6.07) is 12.8. The van der Waals surface area contributed by atoms with E-state index in [1.165, 1.54) is 11.8 Å². The molecule has 0 aliphatic heterocycles. The molecular weight excluding hydrogens is 303 g/mol. The van der Waals surface area contributed by atoms with Crippen molar-refractivity contribution < 1.29 is 5.21 Å². The van der Waals surface area contributed by atoms with Crippen LogP contribution in [-0.4, -0.2) is 11.0 Å². The molecule has 0 atom stereocenters. The zero-order valence-corrected chi connectivity index (χ0v) is 12.0. The number of oxime groups is 1. The maximum absolute atomic E-state index is 8.77. The number of halogens is 2. The zero-order valence-electron chi connectivity index (χ0n) is 9.68. The Hall–Kier alpha value is -1.36. The third-order valence-electron chi connectivity index (χ3n) is 2.39. The number of nitrogens with two attached hydrogens (primary N) is 1. The van der Waals surface area contributed by atoms with Crippen LogP contribution in [0.5, 0.6) is 0 Å². The molecule has 3 nitrogen and oxygen atoms in total. The predicted molar refractivity (Wildman–Crippen MR) is 79.5 cm³/mol.